The summed E-state index contributed by atoms with van der Waals surface area (Å²) in [6.07, 6.45) is 0.977. The number of halogens is 1. The number of carbonyl (C=O) groups is 1. The molecule has 1 aromatic rings. The molecule has 0 saturated carbocycles. The molecule has 3 N–H and O–H groups in total. The van der Waals surface area contributed by atoms with Crippen LogP contribution in [0.3, 0.4) is 0 Å². The molecular weight excluding hydrogens is 376 g/mol. The first-order valence-corrected chi connectivity index (χ1v) is 9.20. The molecule has 126 valence electrons. The van der Waals surface area contributed by atoms with E-state index in [1.807, 2.05) is 24.3 Å². The Balaban J connectivity index is 1.75. The number of nitrogens with one attached hydrogen (secondary N) is 3. The van der Waals surface area contributed by atoms with Gasteiger partial charge in [0.1, 0.15) is 0 Å². The van der Waals surface area contributed by atoms with Crippen molar-refractivity contribution in [2.24, 2.45) is 0 Å². The van der Waals surface area contributed by atoms with Gasteiger partial charge in [-0.25, -0.2) is 0 Å². The molecule has 1 heterocycles. The summed E-state index contributed by atoms with van der Waals surface area (Å²) in [5, 5.41) is 6.96. The van der Waals surface area contributed by atoms with E-state index < -0.39 is 0 Å². The van der Waals surface area contributed by atoms with Gasteiger partial charge in [0.2, 0.25) is 0 Å². The van der Waals surface area contributed by atoms with Gasteiger partial charge in [-0.2, -0.15) is 0 Å². The third kappa shape index (κ3) is 6.08. The van der Waals surface area contributed by atoms with Crippen molar-refractivity contribution in [1.29, 1.82) is 0 Å². The van der Waals surface area contributed by atoms with Gasteiger partial charge in [0, 0.05) is 16.7 Å². The average molecular weight is 400 g/mol. The SMILES string of the molecule is CCCNC(=O)C[NH+]1CCN(C(=S)Nc2cccc(Br)c2)CC1. The molecule has 1 fully saturated rings. The minimum atomic E-state index is 0.144. The molecular formula is C16H24BrN4OS+. The van der Waals surface area contributed by atoms with Crippen LogP contribution in [0.25, 0.3) is 0 Å². The van der Waals surface area contributed by atoms with E-state index in [0.29, 0.717) is 6.54 Å². The number of carbonyl (C=O) groups excluding carboxylic acids is 1. The van der Waals surface area contributed by atoms with Crippen molar-refractivity contribution in [2.45, 2.75) is 13.3 Å². The Labute approximate surface area is 151 Å². The van der Waals surface area contributed by atoms with Gasteiger partial charge in [0.05, 0.1) is 26.2 Å². The van der Waals surface area contributed by atoms with Crippen LogP contribution >= 0.6 is 28.1 Å². The van der Waals surface area contributed by atoms with Crippen molar-refractivity contribution in [3.05, 3.63) is 28.7 Å². The molecule has 2 rings (SSSR count). The van der Waals surface area contributed by atoms with Gasteiger partial charge in [-0.15, -0.1) is 0 Å². The minimum absolute atomic E-state index is 0.144. The molecule has 1 aliphatic rings. The fourth-order valence-electron chi connectivity index (χ4n) is 2.53. The molecule has 0 atom stereocenters. The summed E-state index contributed by atoms with van der Waals surface area (Å²) in [6.45, 7) is 6.98. The first-order valence-electron chi connectivity index (χ1n) is 8.00. The number of thiocarbonyl (C=S) groups is 1. The molecule has 0 radical (unpaired) electrons. The van der Waals surface area contributed by atoms with Gasteiger partial charge in [0.25, 0.3) is 5.91 Å². The highest BCUT2D eigenvalue weighted by Crippen LogP contribution is 2.16. The molecule has 0 aromatic heterocycles. The number of rotatable bonds is 5. The summed E-state index contributed by atoms with van der Waals surface area (Å²) in [4.78, 5) is 15.3. The second kappa shape index (κ2) is 9.20. The van der Waals surface area contributed by atoms with Crippen LogP contribution in [-0.4, -0.2) is 55.2 Å². The van der Waals surface area contributed by atoms with Gasteiger partial charge in [-0.1, -0.05) is 28.9 Å². The van der Waals surface area contributed by atoms with Crippen LogP contribution in [0.4, 0.5) is 5.69 Å². The molecule has 0 aliphatic carbocycles. The quantitative estimate of drug-likeness (QED) is 0.643. The van der Waals surface area contributed by atoms with Crippen molar-refractivity contribution in [3.8, 4) is 0 Å². The molecule has 0 spiro atoms. The third-order valence-electron chi connectivity index (χ3n) is 3.82. The van der Waals surface area contributed by atoms with Gasteiger partial charge < -0.3 is 20.4 Å². The van der Waals surface area contributed by atoms with Gasteiger partial charge in [-0.05, 0) is 36.8 Å². The third-order valence-corrected chi connectivity index (χ3v) is 4.67. The Morgan fingerprint density at radius 2 is 2.13 bits per heavy atom. The molecule has 1 amide bonds. The van der Waals surface area contributed by atoms with E-state index in [1.54, 1.807) is 0 Å². The summed E-state index contributed by atoms with van der Waals surface area (Å²) in [6, 6.07) is 7.97. The van der Waals surface area contributed by atoms with Crippen LogP contribution in [0.5, 0.6) is 0 Å². The van der Waals surface area contributed by atoms with Gasteiger partial charge in [-0.3, -0.25) is 4.79 Å². The molecule has 7 heteroatoms. The number of piperazine rings is 1. The van der Waals surface area contributed by atoms with E-state index in [9.17, 15) is 4.79 Å². The van der Waals surface area contributed by atoms with E-state index in [1.165, 1.54) is 4.90 Å². The summed E-state index contributed by atoms with van der Waals surface area (Å²) in [5.41, 5.74) is 0.984. The summed E-state index contributed by atoms with van der Waals surface area (Å²) in [5.74, 6) is 0.144. The smallest absolute Gasteiger partial charge is 0.275 e. The van der Waals surface area contributed by atoms with Crippen molar-refractivity contribution in [1.82, 2.24) is 10.2 Å². The van der Waals surface area contributed by atoms with Crippen molar-refractivity contribution >= 4 is 44.9 Å². The van der Waals surface area contributed by atoms with Crippen LogP contribution < -0.4 is 15.5 Å². The molecule has 5 nitrogen and oxygen atoms in total. The Morgan fingerprint density at radius 3 is 2.78 bits per heavy atom. The van der Waals surface area contributed by atoms with E-state index in [-0.39, 0.29) is 5.91 Å². The lowest BCUT2D eigenvalue weighted by Crippen LogP contribution is -3.15. The lowest BCUT2D eigenvalue weighted by atomic mass is 10.3. The highest BCUT2D eigenvalue weighted by molar-refractivity contribution is 9.10. The summed E-state index contributed by atoms with van der Waals surface area (Å²) < 4.78 is 1.03. The maximum atomic E-state index is 11.8. The number of quaternary nitrogens is 1. The normalized spacial score (nSPS) is 15.3. The van der Waals surface area contributed by atoms with Crippen LogP contribution in [0.15, 0.2) is 28.7 Å². The molecule has 1 aliphatic heterocycles. The first-order chi connectivity index (χ1) is 11.1. The standard InChI is InChI=1S/C16H23BrN4OS/c1-2-6-18-15(22)12-20-7-9-21(10-8-20)16(23)19-14-5-3-4-13(17)11-14/h3-5,11H,2,6-10,12H2,1H3,(H,18,22)(H,19,23)/p+1. The topological polar surface area (TPSA) is 48.8 Å². The Bertz CT molecular complexity index is 547. The predicted molar refractivity (Wildman–Crippen MR) is 101 cm³/mol. The number of amides is 1. The molecule has 1 saturated heterocycles. The molecule has 0 bridgehead atoms. The molecule has 0 unspecified atom stereocenters. The lowest BCUT2D eigenvalue weighted by Gasteiger charge is -2.33. The Morgan fingerprint density at radius 1 is 1.39 bits per heavy atom. The number of benzene rings is 1. The van der Waals surface area contributed by atoms with Crippen LogP contribution in [0.1, 0.15) is 13.3 Å². The fraction of sp³-hybridized carbons (Fsp3) is 0.500. The minimum Gasteiger partial charge on any atom is -0.351 e. The van der Waals surface area contributed by atoms with Crippen molar-refractivity contribution < 1.29 is 9.69 Å². The second-order valence-electron chi connectivity index (χ2n) is 5.70. The van der Waals surface area contributed by atoms with Gasteiger partial charge >= 0.3 is 0 Å². The maximum absolute atomic E-state index is 11.8. The zero-order valence-electron chi connectivity index (χ0n) is 13.4. The van der Waals surface area contributed by atoms with Crippen LogP contribution in [0.2, 0.25) is 0 Å². The molecule has 1 aromatic carbocycles. The number of nitrogens with zero attached hydrogens (tertiary/aromatic N) is 1. The molecule has 23 heavy (non-hydrogen) atoms. The van der Waals surface area contributed by atoms with Gasteiger partial charge in [0.15, 0.2) is 11.7 Å². The Hall–Kier alpha value is -1.18. The maximum Gasteiger partial charge on any atom is 0.275 e. The van der Waals surface area contributed by atoms with E-state index in [4.69, 9.17) is 12.2 Å². The lowest BCUT2D eigenvalue weighted by molar-refractivity contribution is -0.895. The average Bonchev–Trinajstić information content (AvgIpc) is 2.53. The van der Waals surface area contributed by atoms with Crippen molar-refractivity contribution in [2.75, 3.05) is 44.6 Å². The van der Waals surface area contributed by atoms with Crippen LogP contribution in [0, 0.1) is 0 Å². The monoisotopic (exact) mass is 399 g/mol. The van der Waals surface area contributed by atoms with E-state index in [2.05, 4.69) is 38.4 Å². The zero-order chi connectivity index (χ0) is 16.7. The largest absolute Gasteiger partial charge is 0.351 e. The highest BCUT2D eigenvalue weighted by atomic mass is 79.9. The first kappa shape index (κ1) is 18.2. The fourth-order valence-corrected chi connectivity index (χ4v) is 3.23. The predicted octanol–water partition coefficient (Wildman–Crippen LogP) is 0.873. The number of hydrogen-bond acceptors (Lipinski definition) is 2. The second-order valence-corrected chi connectivity index (χ2v) is 7.01. The Kier molecular flexibility index (Phi) is 7.26. The highest BCUT2D eigenvalue weighted by Gasteiger charge is 2.23. The van der Waals surface area contributed by atoms with Crippen LogP contribution in [-0.2, 0) is 4.79 Å². The van der Waals surface area contributed by atoms with Crippen molar-refractivity contribution in [3.63, 3.8) is 0 Å². The number of anilines is 1. The zero-order valence-corrected chi connectivity index (χ0v) is 15.8. The van der Waals surface area contributed by atoms with E-state index >= 15 is 0 Å². The van der Waals surface area contributed by atoms with E-state index in [0.717, 1.165) is 54.4 Å². The number of hydrogen-bond donors (Lipinski definition) is 3. The summed E-state index contributed by atoms with van der Waals surface area (Å²) in [7, 11) is 0. The summed E-state index contributed by atoms with van der Waals surface area (Å²) >= 11 is 8.95.